The van der Waals surface area contributed by atoms with Gasteiger partial charge in [0.1, 0.15) is 0 Å². The monoisotopic (exact) mass is 258 g/mol. The van der Waals surface area contributed by atoms with Crippen LogP contribution in [0.2, 0.25) is 0 Å². The third kappa shape index (κ3) is 45.1. The molecule has 6 nitrogen and oxygen atoms in total. The third-order valence-electron chi connectivity index (χ3n) is 0.175. The van der Waals surface area contributed by atoms with Crippen LogP contribution in [0.25, 0.3) is 0 Å². The second-order valence-electron chi connectivity index (χ2n) is 0.593. The van der Waals surface area contributed by atoms with Crippen LogP contribution in [0.5, 0.6) is 0 Å². The van der Waals surface area contributed by atoms with Crippen molar-refractivity contribution in [1.82, 2.24) is 12.3 Å². The molecule has 0 rings (SSSR count). The van der Waals surface area contributed by atoms with Gasteiger partial charge in [-0.1, -0.05) is 0 Å². The number of hydrogen-bond donors (Lipinski definition) is 3. The average molecular weight is 259 g/mol. The maximum absolute atomic E-state index is 9.04. The molecule has 0 unspecified atom stereocenters. The van der Waals surface area contributed by atoms with Gasteiger partial charge in [-0.2, -0.15) is 0 Å². The van der Waals surface area contributed by atoms with Gasteiger partial charge in [-0.15, -0.1) is 13.2 Å². The number of carboxylic acids is 2. The summed E-state index contributed by atoms with van der Waals surface area (Å²) < 4.78 is 0. The van der Waals surface area contributed by atoms with Gasteiger partial charge in [-0.3, -0.25) is 0 Å². The van der Waals surface area contributed by atoms with E-state index in [1.807, 2.05) is 0 Å². The summed E-state index contributed by atoms with van der Waals surface area (Å²) in [5, 5.41) is 16.3. The minimum atomic E-state index is -2.07. The Kier molecular flexibility index (Phi) is 65.5. The van der Waals surface area contributed by atoms with E-state index in [0.29, 0.717) is 0 Å². The molecule has 0 spiro atoms. The fourth-order valence-corrected chi connectivity index (χ4v) is 0. The summed E-state index contributed by atoms with van der Waals surface area (Å²) in [7, 11) is 0. The second-order valence-corrected chi connectivity index (χ2v) is 0.593. The van der Waals surface area contributed by atoms with Gasteiger partial charge < -0.3 is 27.3 Å². The number of carbonyl (C=O) groups is 2. The fourth-order valence-electron chi connectivity index (χ4n) is 0. The summed E-state index contributed by atoms with van der Waals surface area (Å²) in [6.07, 6.45) is 0. The van der Waals surface area contributed by atoms with Gasteiger partial charge in [0.15, 0.2) is 5.97 Å². The molecule has 7 N–H and O–H groups in total. The minimum absolute atomic E-state index is 0. The van der Waals surface area contributed by atoms with Crippen LogP contribution in [0.15, 0.2) is 13.2 Å². The maximum Gasteiger partial charge on any atom is 1.00 e. The van der Waals surface area contributed by atoms with Crippen molar-refractivity contribution in [1.29, 1.82) is 0 Å². The number of aliphatic carboxylic acids is 2. The molecular weight excluding hydrogens is 248 g/mol. The van der Waals surface area contributed by atoms with Gasteiger partial charge in [0.2, 0.25) is 0 Å². The Labute approximate surface area is 80.0 Å². The molecule has 0 aliphatic heterocycles. The first-order chi connectivity index (χ1) is 3.64. The van der Waals surface area contributed by atoms with E-state index < -0.39 is 11.9 Å². The van der Waals surface area contributed by atoms with Crippen LogP contribution in [0.4, 0.5) is 0 Å². The minimum Gasteiger partial charge on any atom is -0.539 e. The standard InChI is InChI=1S/C2H2O4.C2H4.Ag.2H3N/c3-1(4)2(5)6;1-2;;;/h(H,3,4)(H,5,6);1-2H2;;2*1H3/q;;+1;;/p-1. The average Bonchev–Trinajstić information content (AvgIpc) is 1.72. The van der Waals surface area contributed by atoms with Crippen LogP contribution in [0.1, 0.15) is 0 Å². The van der Waals surface area contributed by atoms with E-state index in [0.717, 1.165) is 0 Å². The summed E-state index contributed by atoms with van der Waals surface area (Å²) in [4.78, 5) is 18.0. The molecule has 0 heterocycles. The summed E-state index contributed by atoms with van der Waals surface area (Å²) in [5.74, 6) is -4.01. The molecule has 0 saturated carbocycles. The quantitative estimate of drug-likeness (QED) is 0.287. The molecule has 0 aromatic carbocycles. The molecule has 11 heavy (non-hydrogen) atoms. The largest absolute Gasteiger partial charge is 1.00 e. The van der Waals surface area contributed by atoms with Crippen LogP contribution >= 0.6 is 0 Å². The summed E-state index contributed by atoms with van der Waals surface area (Å²) in [6.45, 7) is 6.00. The molecule has 7 heteroatoms. The molecule has 0 radical (unpaired) electrons. The zero-order valence-corrected chi connectivity index (χ0v) is 7.28. The normalized spacial score (nSPS) is 4.36. The molecule has 0 aliphatic rings. The summed E-state index contributed by atoms with van der Waals surface area (Å²) in [6, 6.07) is 0. The van der Waals surface area contributed by atoms with Gasteiger partial charge in [-0.25, -0.2) is 4.79 Å². The zero-order chi connectivity index (χ0) is 7.15. The van der Waals surface area contributed by atoms with Gasteiger partial charge >= 0.3 is 28.3 Å². The van der Waals surface area contributed by atoms with Crippen molar-refractivity contribution in [2.75, 3.05) is 0 Å². The number of rotatable bonds is 0. The molecule has 0 bridgehead atoms. The fraction of sp³-hybridized carbons (Fsp3) is 0. The van der Waals surface area contributed by atoms with E-state index in [2.05, 4.69) is 13.2 Å². The Morgan fingerprint density at radius 2 is 1.27 bits per heavy atom. The molecule has 0 aliphatic carbocycles. The number of carbonyl (C=O) groups excluding carboxylic acids is 1. The van der Waals surface area contributed by atoms with Crippen molar-refractivity contribution < 1.29 is 42.2 Å². The zero-order valence-electron chi connectivity index (χ0n) is 5.80. The van der Waals surface area contributed by atoms with Crippen LogP contribution in [0, 0.1) is 0 Å². The van der Waals surface area contributed by atoms with E-state index in [1.54, 1.807) is 0 Å². The molecule has 0 atom stereocenters. The maximum atomic E-state index is 9.04. The summed E-state index contributed by atoms with van der Waals surface area (Å²) >= 11 is 0. The number of carboxylic acid groups (broad SMARTS) is 2. The molecule has 0 saturated heterocycles. The van der Waals surface area contributed by atoms with Gasteiger partial charge in [0, 0.05) is 0 Å². The smallest absolute Gasteiger partial charge is 0.539 e. The van der Waals surface area contributed by atoms with Gasteiger partial charge in [0.05, 0.1) is 0 Å². The number of hydrogen-bond acceptors (Lipinski definition) is 5. The predicted molar refractivity (Wildman–Crippen MR) is 33.9 cm³/mol. The first kappa shape index (κ1) is 31.6. The van der Waals surface area contributed by atoms with Crippen LogP contribution in [0.3, 0.4) is 0 Å². The predicted octanol–water partition coefficient (Wildman–Crippen LogP) is -1.06. The molecule has 0 aromatic heterocycles. The van der Waals surface area contributed by atoms with E-state index >= 15 is 0 Å². The van der Waals surface area contributed by atoms with E-state index in [-0.39, 0.29) is 34.7 Å². The van der Waals surface area contributed by atoms with Crippen molar-refractivity contribution in [3.63, 3.8) is 0 Å². The van der Waals surface area contributed by atoms with E-state index in [4.69, 9.17) is 19.8 Å². The first-order valence-electron chi connectivity index (χ1n) is 1.59. The third-order valence-corrected chi connectivity index (χ3v) is 0.175. The molecule has 72 valence electrons. The van der Waals surface area contributed by atoms with Gasteiger partial charge in [-0.05, 0) is 0 Å². The Hall–Kier alpha value is -0.660. The van der Waals surface area contributed by atoms with Gasteiger partial charge in [0.25, 0.3) is 0 Å². The van der Waals surface area contributed by atoms with Crippen molar-refractivity contribution in [2.24, 2.45) is 0 Å². The molecule has 0 aromatic rings. The molecule has 0 fully saturated rings. The van der Waals surface area contributed by atoms with Crippen molar-refractivity contribution in [3.8, 4) is 0 Å². The summed E-state index contributed by atoms with van der Waals surface area (Å²) in [5.41, 5.74) is 0. The molecular formula is C4H11AgN2O4. The van der Waals surface area contributed by atoms with Crippen molar-refractivity contribution >= 4 is 11.9 Å². The SMILES string of the molecule is C=C.N.N.O=C([O-])C(=O)O.[Ag+]. The second kappa shape index (κ2) is 22.8. The van der Waals surface area contributed by atoms with E-state index in [9.17, 15) is 0 Å². The van der Waals surface area contributed by atoms with Crippen LogP contribution in [-0.2, 0) is 32.0 Å². The first-order valence-corrected chi connectivity index (χ1v) is 1.59. The molecule has 0 amide bonds. The topological polar surface area (TPSA) is 147 Å². The van der Waals surface area contributed by atoms with Crippen LogP contribution in [-0.4, -0.2) is 17.0 Å². The van der Waals surface area contributed by atoms with E-state index in [1.165, 1.54) is 0 Å². The Morgan fingerprint density at radius 1 is 1.18 bits per heavy atom. The Bertz CT molecular complexity index is 96.3. The van der Waals surface area contributed by atoms with Crippen molar-refractivity contribution in [2.45, 2.75) is 0 Å². The van der Waals surface area contributed by atoms with Crippen LogP contribution < -0.4 is 17.4 Å². The van der Waals surface area contributed by atoms with Crippen molar-refractivity contribution in [3.05, 3.63) is 13.2 Å². The Balaban J connectivity index is -0.0000000222. The Morgan fingerprint density at radius 3 is 1.27 bits per heavy atom.